The van der Waals surface area contributed by atoms with Crippen LogP contribution in [0.25, 0.3) is 0 Å². The molecule has 1 aliphatic rings. The van der Waals surface area contributed by atoms with Gasteiger partial charge >= 0.3 is 0 Å². The Balaban J connectivity index is 2.75. The van der Waals surface area contributed by atoms with Crippen LogP contribution in [0.15, 0.2) is 0 Å². The van der Waals surface area contributed by atoms with Crippen molar-refractivity contribution < 1.29 is 23.6 Å². The maximum absolute atomic E-state index is 9.56. The third-order valence-corrected chi connectivity index (χ3v) is 3.64. The SMILES string of the molecule is [B][C@@H]1O[C@H](COC)C(OP(O)(=S)I)C1OC. The highest BCUT2D eigenvalue weighted by Crippen LogP contribution is 2.54. The van der Waals surface area contributed by atoms with E-state index in [0.717, 1.165) is 0 Å². The highest BCUT2D eigenvalue weighted by Gasteiger charge is 2.44. The number of hydrogen-bond acceptors (Lipinski definition) is 5. The minimum atomic E-state index is -2.82. The molecule has 16 heavy (non-hydrogen) atoms. The van der Waals surface area contributed by atoms with Gasteiger partial charge in [-0.05, 0) is 11.8 Å². The van der Waals surface area contributed by atoms with E-state index < -0.39 is 22.3 Å². The van der Waals surface area contributed by atoms with E-state index in [1.54, 1.807) is 29.2 Å². The van der Waals surface area contributed by atoms with Crippen molar-refractivity contribution in [2.24, 2.45) is 0 Å². The monoisotopic (exact) mass is 378 g/mol. The average Bonchev–Trinajstić information content (AvgIpc) is 2.41. The second-order valence-electron chi connectivity index (χ2n) is 3.32. The molecule has 5 atom stereocenters. The van der Waals surface area contributed by atoms with Gasteiger partial charge in [0.1, 0.15) is 26.2 Å². The van der Waals surface area contributed by atoms with Crippen molar-refractivity contribution in [3.05, 3.63) is 0 Å². The minimum Gasteiger partial charge on any atom is -0.382 e. The van der Waals surface area contributed by atoms with Crippen LogP contribution < -0.4 is 0 Å². The first kappa shape index (κ1) is 15.3. The van der Waals surface area contributed by atoms with Gasteiger partial charge in [-0.2, -0.15) is 0 Å². The van der Waals surface area contributed by atoms with E-state index in [1.807, 2.05) is 0 Å². The molecule has 0 amide bonds. The summed E-state index contributed by atoms with van der Waals surface area (Å²) in [5.74, 6) is 0. The van der Waals surface area contributed by atoms with Gasteiger partial charge in [-0.25, -0.2) is 0 Å². The maximum Gasteiger partial charge on any atom is 0.247 e. The summed E-state index contributed by atoms with van der Waals surface area (Å²) in [5, 5.41) is 0. The van der Waals surface area contributed by atoms with E-state index in [4.69, 9.17) is 38.4 Å². The number of hydrogen-bond donors (Lipinski definition) is 1. The zero-order valence-electron chi connectivity index (χ0n) is 8.91. The first-order valence-corrected chi connectivity index (χ1v) is 9.98. The summed E-state index contributed by atoms with van der Waals surface area (Å²) in [6.45, 7) is 0.310. The van der Waals surface area contributed by atoms with Crippen LogP contribution in [0.4, 0.5) is 0 Å². The van der Waals surface area contributed by atoms with Crippen molar-refractivity contribution in [3.63, 3.8) is 0 Å². The summed E-state index contributed by atoms with van der Waals surface area (Å²) < 4.78 is 18.2. The Kier molecular flexibility index (Phi) is 6.14. The van der Waals surface area contributed by atoms with Crippen LogP contribution in [0.2, 0.25) is 0 Å². The predicted octanol–water partition coefficient (Wildman–Crippen LogP) is 0.578. The molecule has 1 rings (SSSR count). The number of rotatable bonds is 5. The predicted molar refractivity (Wildman–Crippen MR) is 72.5 cm³/mol. The van der Waals surface area contributed by atoms with Crippen LogP contribution in [0.3, 0.4) is 0 Å². The molecule has 0 aliphatic carbocycles. The molecule has 1 heterocycles. The van der Waals surface area contributed by atoms with Crippen molar-refractivity contribution in [2.75, 3.05) is 20.8 Å². The van der Waals surface area contributed by atoms with E-state index in [-0.39, 0.29) is 6.10 Å². The molecule has 0 spiro atoms. The molecule has 1 aliphatic heterocycles. The zero-order valence-corrected chi connectivity index (χ0v) is 12.8. The Morgan fingerprint density at radius 2 is 2.12 bits per heavy atom. The Bertz CT molecular complexity index is 278. The van der Waals surface area contributed by atoms with Crippen molar-refractivity contribution in [3.8, 4) is 0 Å². The molecular formula is C7H13BIO5PS. The Morgan fingerprint density at radius 3 is 2.56 bits per heavy atom. The van der Waals surface area contributed by atoms with Gasteiger partial charge in [-0.3, -0.25) is 0 Å². The fourth-order valence-electron chi connectivity index (χ4n) is 1.60. The fraction of sp³-hybridized carbons (Fsp3) is 1.00. The van der Waals surface area contributed by atoms with Crippen molar-refractivity contribution in [2.45, 2.75) is 24.3 Å². The third-order valence-electron chi connectivity index (χ3n) is 2.20. The quantitative estimate of drug-likeness (QED) is 0.429. The van der Waals surface area contributed by atoms with Gasteiger partial charge in [-0.1, -0.05) is 0 Å². The van der Waals surface area contributed by atoms with Gasteiger partial charge in [-0.15, -0.1) is 0 Å². The van der Waals surface area contributed by atoms with E-state index in [1.165, 1.54) is 7.11 Å². The second kappa shape index (κ2) is 6.42. The van der Waals surface area contributed by atoms with E-state index in [0.29, 0.717) is 6.61 Å². The van der Waals surface area contributed by atoms with E-state index in [9.17, 15) is 4.89 Å². The van der Waals surface area contributed by atoms with Crippen LogP contribution >= 0.6 is 26.2 Å². The first-order valence-electron chi connectivity index (χ1n) is 4.52. The van der Waals surface area contributed by atoms with Crippen LogP contribution in [-0.2, 0) is 30.5 Å². The van der Waals surface area contributed by atoms with Gasteiger partial charge in [0.2, 0.25) is 4.13 Å². The highest BCUT2D eigenvalue weighted by atomic mass is 127. The van der Waals surface area contributed by atoms with Gasteiger partial charge in [0.05, 0.1) is 6.61 Å². The zero-order chi connectivity index (χ0) is 12.3. The van der Waals surface area contributed by atoms with Crippen molar-refractivity contribution in [1.29, 1.82) is 0 Å². The molecule has 9 heteroatoms. The lowest BCUT2D eigenvalue weighted by Gasteiger charge is -2.24. The largest absolute Gasteiger partial charge is 0.382 e. The molecule has 0 saturated carbocycles. The van der Waals surface area contributed by atoms with E-state index in [2.05, 4.69) is 0 Å². The van der Waals surface area contributed by atoms with Crippen LogP contribution in [0.5, 0.6) is 0 Å². The molecule has 0 aromatic rings. The summed E-state index contributed by atoms with van der Waals surface area (Å²) >= 11 is 6.54. The topological polar surface area (TPSA) is 57.2 Å². The fourth-order valence-corrected chi connectivity index (χ4v) is 3.24. The van der Waals surface area contributed by atoms with Gasteiger partial charge in [0.15, 0.2) is 0 Å². The lowest BCUT2D eigenvalue weighted by molar-refractivity contribution is -0.0117. The van der Waals surface area contributed by atoms with Crippen LogP contribution in [0, 0.1) is 0 Å². The Hall–Kier alpha value is 1.24. The van der Waals surface area contributed by atoms with E-state index >= 15 is 0 Å². The third kappa shape index (κ3) is 4.17. The standard InChI is InChI=1S/C7H13BIO5PS/c1-11-3-4-5(14-15(9,10)16)6(12-2)7(8)13-4/h4-7H,3H2,1-2H3,(H,10,16)/t4-,5?,6?,7-,15?/m1/s1. The maximum atomic E-state index is 9.56. The molecule has 0 aromatic heterocycles. The second-order valence-corrected chi connectivity index (χ2v) is 11.8. The number of methoxy groups -OCH3 is 2. The molecule has 1 fully saturated rings. The summed E-state index contributed by atoms with van der Waals surface area (Å²) in [6, 6.07) is -0.604. The van der Waals surface area contributed by atoms with Crippen molar-refractivity contribution in [1.82, 2.24) is 0 Å². The Morgan fingerprint density at radius 1 is 1.50 bits per heavy atom. The van der Waals surface area contributed by atoms with Crippen LogP contribution in [0.1, 0.15) is 0 Å². The number of halogens is 1. The molecule has 5 nitrogen and oxygen atoms in total. The van der Waals surface area contributed by atoms with Crippen molar-refractivity contribution >= 4 is 45.8 Å². The number of ether oxygens (including phenoxy) is 3. The first-order chi connectivity index (χ1) is 7.39. The van der Waals surface area contributed by atoms with Gasteiger partial charge in [0.25, 0.3) is 0 Å². The lowest BCUT2D eigenvalue weighted by atomic mass is 9.93. The van der Waals surface area contributed by atoms with Gasteiger partial charge < -0.3 is 23.6 Å². The summed E-state index contributed by atoms with van der Waals surface area (Å²) in [5.41, 5.74) is 0. The minimum absolute atomic E-state index is 0.310. The molecule has 0 bridgehead atoms. The molecule has 3 unspecified atom stereocenters. The summed E-state index contributed by atoms with van der Waals surface area (Å²) in [6.07, 6.45) is -1.34. The normalized spacial score (nSPS) is 38.5. The Labute approximate surface area is 114 Å². The van der Waals surface area contributed by atoms with Gasteiger partial charge in [0, 0.05) is 42.3 Å². The highest BCUT2D eigenvalue weighted by molar-refractivity contribution is 14.2. The molecular weight excluding hydrogens is 365 g/mol. The summed E-state index contributed by atoms with van der Waals surface area (Å²) in [7, 11) is 8.79. The molecule has 1 N–H and O–H groups in total. The smallest absolute Gasteiger partial charge is 0.247 e. The molecule has 2 radical (unpaired) electrons. The van der Waals surface area contributed by atoms with Crippen LogP contribution in [-0.4, -0.2) is 57.9 Å². The molecule has 0 aromatic carbocycles. The lowest BCUT2D eigenvalue weighted by Crippen LogP contribution is -2.37. The molecule has 92 valence electrons. The molecule has 1 saturated heterocycles. The average molecular weight is 378 g/mol. The summed E-state index contributed by atoms with van der Waals surface area (Å²) in [4.78, 5) is 9.56.